The summed E-state index contributed by atoms with van der Waals surface area (Å²) in [6.07, 6.45) is 0. The van der Waals surface area contributed by atoms with Gasteiger partial charge in [0.1, 0.15) is 11.5 Å². The van der Waals surface area contributed by atoms with E-state index in [2.05, 4.69) is 0 Å². The first-order valence-electron chi connectivity index (χ1n) is 5.37. The zero-order valence-corrected chi connectivity index (χ0v) is 9.25. The van der Waals surface area contributed by atoms with Crippen LogP contribution in [-0.2, 0) is 0 Å². The first-order chi connectivity index (χ1) is 8.72. The van der Waals surface area contributed by atoms with Crippen molar-refractivity contribution in [2.45, 2.75) is 0 Å². The molecule has 2 aromatic carbocycles. The Morgan fingerprint density at radius 1 is 0.667 bits per heavy atom. The van der Waals surface area contributed by atoms with Crippen LogP contribution < -0.4 is 9.47 Å². The number of esters is 2. The lowest BCUT2D eigenvalue weighted by Crippen LogP contribution is -2.09. The van der Waals surface area contributed by atoms with Crippen molar-refractivity contribution in [3.05, 3.63) is 59.7 Å². The van der Waals surface area contributed by atoms with Gasteiger partial charge in [-0.05, 0) is 36.4 Å². The molecule has 0 saturated heterocycles. The van der Waals surface area contributed by atoms with Crippen molar-refractivity contribution >= 4 is 11.9 Å². The number of carbonyl (C=O) groups is 2. The molecule has 0 N–H and O–H groups in total. The standard InChI is InChI=1S/C14H8O4/c15-13-9-4-6-10(7-5-9)14(16)18-12-3-1-2-11(8-12)17-13/h1-8H. The molecular weight excluding hydrogens is 232 g/mol. The van der Waals surface area contributed by atoms with Crippen LogP contribution in [0, 0.1) is 0 Å². The summed E-state index contributed by atoms with van der Waals surface area (Å²) in [5.41, 5.74) is 0.776. The van der Waals surface area contributed by atoms with E-state index in [0.717, 1.165) is 0 Å². The van der Waals surface area contributed by atoms with Crippen molar-refractivity contribution in [1.82, 2.24) is 0 Å². The maximum Gasteiger partial charge on any atom is 0.343 e. The topological polar surface area (TPSA) is 52.6 Å². The molecule has 0 spiro atoms. The quantitative estimate of drug-likeness (QED) is 0.524. The highest BCUT2D eigenvalue weighted by Crippen LogP contribution is 2.22. The molecule has 88 valence electrons. The van der Waals surface area contributed by atoms with Crippen molar-refractivity contribution < 1.29 is 19.1 Å². The van der Waals surface area contributed by atoms with Crippen LogP contribution in [-0.4, -0.2) is 11.9 Å². The molecule has 0 fully saturated rings. The number of fused-ring (bicyclic) bond motifs is 4. The Labute approximate surface area is 103 Å². The van der Waals surface area contributed by atoms with E-state index in [1.54, 1.807) is 18.2 Å². The van der Waals surface area contributed by atoms with Crippen LogP contribution in [0.2, 0.25) is 0 Å². The van der Waals surface area contributed by atoms with E-state index in [0.29, 0.717) is 22.6 Å². The van der Waals surface area contributed by atoms with Crippen molar-refractivity contribution in [2.75, 3.05) is 0 Å². The van der Waals surface area contributed by atoms with Gasteiger partial charge >= 0.3 is 11.9 Å². The second-order valence-corrected chi connectivity index (χ2v) is 3.83. The summed E-state index contributed by atoms with van der Waals surface area (Å²) in [5.74, 6) is -0.244. The Kier molecular flexibility index (Phi) is 2.34. The minimum absolute atomic E-state index is 0.343. The van der Waals surface area contributed by atoms with Crippen LogP contribution in [0.25, 0.3) is 0 Å². The molecule has 2 heterocycles. The highest BCUT2D eigenvalue weighted by atomic mass is 16.5. The molecule has 0 unspecified atom stereocenters. The lowest BCUT2D eigenvalue weighted by molar-refractivity contribution is 0.0732. The molecule has 0 atom stereocenters. The fourth-order valence-electron chi connectivity index (χ4n) is 1.68. The van der Waals surface area contributed by atoms with E-state index in [9.17, 15) is 9.59 Å². The second kappa shape index (κ2) is 4.00. The van der Waals surface area contributed by atoms with E-state index < -0.39 is 11.9 Å². The molecule has 2 aliphatic rings. The summed E-state index contributed by atoms with van der Waals surface area (Å²) in [4.78, 5) is 23.6. The normalized spacial score (nSPS) is 13.6. The van der Waals surface area contributed by atoms with Crippen LogP contribution in [0.4, 0.5) is 0 Å². The Hall–Kier alpha value is -2.62. The largest absolute Gasteiger partial charge is 0.423 e. The van der Waals surface area contributed by atoms with E-state index in [1.807, 2.05) is 0 Å². The Morgan fingerprint density at radius 3 is 1.56 bits per heavy atom. The van der Waals surface area contributed by atoms with Gasteiger partial charge in [0.2, 0.25) is 0 Å². The number of rotatable bonds is 0. The maximum atomic E-state index is 11.8. The van der Waals surface area contributed by atoms with E-state index in [-0.39, 0.29) is 0 Å². The SMILES string of the molecule is O=C1Oc2cccc(c2)OC(=O)c2ccc1cc2. The fraction of sp³-hybridized carbons (Fsp3) is 0. The van der Waals surface area contributed by atoms with Gasteiger partial charge in [-0.25, -0.2) is 9.59 Å². The molecule has 0 radical (unpaired) electrons. The summed E-state index contributed by atoms with van der Waals surface area (Å²) < 4.78 is 10.3. The summed E-state index contributed by atoms with van der Waals surface area (Å²) in [6.45, 7) is 0. The van der Waals surface area contributed by atoms with Crippen molar-refractivity contribution in [1.29, 1.82) is 0 Å². The van der Waals surface area contributed by atoms with Crippen LogP contribution in [0.15, 0.2) is 48.5 Å². The molecule has 0 amide bonds. The summed E-state index contributed by atoms with van der Waals surface area (Å²) in [6, 6.07) is 12.5. The Balaban J connectivity index is 2.14. The van der Waals surface area contributed by atoms with Crippen LogP contribution in [0.3, 0.4) is 0 Å². The molecule has 4 bridgehead atoms. The molecule has 0 saturated carbocycles. The monoisotopic (exact) mass is 240 g/mol. The Morgan fingerprint density at radius 2 is 1.11 bits per heavy atom. The van der Waals surface area contributed by atoms with Crippen LogP contribution in [0.1, 0.15) is 20.7 Å². The molecule has 4 rings (SSSR count). The summed E-state index contributed by atoms with van der Waals surface area (Å²) >= 11 is 0. The lowest BCUT2D eigenvalue weighted by atomic mass is 10.1. The molecule has 4 nitrogen and oxygen atoms in total. The number of ether oxygens (including phenoxy) is 2. The van der Waals surface area contributed by atoms with E-state index in [1.165, 1.54) is 30.3 Å². The zero-order chi connectivity index (χ0) is 12.5. The lowest BCUT2D eigenvalue weighted by Gasteiger charge is -2.04. The number of benzene rings is 2. The predicted molar refractivity (Wildman–Crippen MR) is 62.8 cm³/mol. The number of carbonyl (C=O) groups excluding carboxylic acids is 2. The minimum Gasteiger partial charge on any atom is -0.423 e. The van der Waals surface area contributed by atoms with Crippen LogP contribution in [0.5, 0.6) is 11.5 Å². The third kappa shape index (κ3) is 1.84. The smallest absolute Gasteiger partial charge is 0.343 e. The summed E-state index contributed by atoms with van der Waals surface area (Å²) in [5, 5.41) is 0. The molecule has 2 aromatic rings. The first-order valence-corrected chi connectivity index (χ1v) is 5.37. The highest BCUT2D eigenvalue weighted by molar-refractivity contribution is 5.95. The summed E-state index contributed by atoms with van der Waals surface area (Å²) in [7, 11) is 0. The van der Waals surface area contributed by atoms with Crippen molar-refractivity contribution in [2.24, 2.45) is 0 Å². The van der Waals surface area contributed by atoms with Gasteiger partial charge < -0.3 is 9.47 Å². The van der Waals surface area contributed by atoms with Gasteiger partial charge in [0.15, 0.2) is 0 Å². The van der Waals surface area contributed by atoms with Gasteiger partial charge in [-0.1, -0.05) is 6.07 Å². The van der Waals surface area contributed by atoms with Gasteiger partial charge in [0.05, 0.1) is 11.1 Å². The number of hydrogen-bond donors (Lipinski definition) is 0. The number of hydrogen-bond acceptors (Lipinski definition) is 4. The molecule has 0 aliphatic carbocycles. The highest BCUT2D eigenvalue weighted by Gasteiger charge is 2.15. The van der Waals surface area contributed by atoms with Gasteiger partial charge in [0.25, 0.3) is 0 Å². The third-order valence-electron chi connectivity index (χ3n) is 2.58. The molecule has 2 aliphatic heterocycles. The molecule has 4 heteroatoms. The zero-order valence-electron chi connectivity index (χ0n) is 9.25. The van der Waals surface area contributed by atoms with E-state index in [4.69, 9.17) is 9.47 Å². The maximum absolute atomic E-state index is 11.8. The van der Waals surface area contributed by atoms with Gasteiger partial charge in [-0.15, -0.1) is 0 Å². The van der Waals surface area contributed by atoms with Crippen molar-refractivity contribution in [3.63, 3.8) is 0 Å². The van der Waals surface area contributed by atoms with Gasteiger partial charge in [-0.3, -0.25) is 0 Å². The first kappa shape index (κ1) is 10.5. The molecule has 0 aromatic heterocycles. The van der Waals surface area contributed by atoms with E-state index >= 15 is 0 Å². The molecular formula is C14H8O4. The van der Waals surface area contributed by atoms with Crippen molar-refractivity contribution in [3.8, 4) is 11.5 Å². The van der Waals surface area contributed by atoms with Gasteiger partial charge in [0, 0.05) is 6.07 Å². The fourth-order valence-corrected chi connectivity index (χ4v) is 1.68. The van der Waals surface area contributed by atoms with Crippen LogP contribution >= 0.6 is 0 Å². The third-order valence-corrected chi connectivity index (χ3v) is 2.58. The average molecular weight is 240 g/mol. The predicted octanol–water partition coefficient (Wildman–Crippen LogP) is 2.44. The molecule has 18 heavy (non-hydrogen) atoms. The Bertz CT molecular complexity index is 576. The van der Waals surface area contributed by atoms with Gasteiger partial charge in [-0.2, -0.15) is 0 Å². The second-order valence-electron chi connectivity index (χ2n) is 3.83. The minimum atomic E-state index is -0.465. The average Bonchev–Trinajstić information content (AvgIpc) is 2.40.